The van der Waals surface area contributed by atoms with Gasteiger partial charge in [-0.3, -0.25) is 0 Å². The predicted molar refractivity (Wildman–Crippen MR) is 107 cm³/mol. The Bertz CT molecular complexity index is 1010. The van der Waals surface area contributed by atoms with Gasteiger partial charge >= 0.3 is 0 Å². The Labute approximate surface area is 173 Å². The van der Waals surface area contributed by atoms with Crippen molar-refractivity contribution in [3.05, 3.63) is 52.6 Å². The number of hydrogen-bond acceptors (Lipinski definition) is 6. The fourth-order valence-electron chi connectivity index (χ4n) is 2.99. The molecule has 0 aliphatic heterocycles. The highest BCUT2D eigenvalue weighted by molar-refractivity contribution is 7.71. The molecule has 0 spiro atoms. The van der Waals surface area contributed by atoms with E-state index in [4.69, 9.17) is 30.8 Å². The molecule has 0 aliphatic rings. The summed E-state index contributed by atoms with van der Waals surface area (Å²) in [5, 5.41) is 4.50. The van der Waals surface area contributed by atoms with Gasteiger partial charge in [0.25, 0.3) is 4.84 Å². The van der Waals surface area contributed by atoms with Gasteiger partial charge < -0.3 is 23.5 Å². The number of benzene rings is 2. The van der Waals surface area contributed by atoms with Crippen LogP contribution in [0.4, 0.5) is 4.39 Å². The zero-order chi connectivity index (χ0) is 21.0. The van der Waals surface area contributed by atoms with Crippen LogP contribution in [0.2, 0.25) is 0 Å². The van der Waals surface area contributed by atoms with Crippen LogP contribution in [0.15, 0.2) is 40.8 Å². The Morgan fingerprint density at radius 1 is 1.07 bits per heavy atom. The number of aromatic nitrogens is 2. The Balaban J connectivity index is 1.83. The van der Waals surface area contributed by atoms with Gasteiger partial charge in [-0.15, -0.1) is 5.10 Å². The lowest BCUT2D eigenvalue weighted by Gasteiger charge is -2.13. The Hall–Kier alpha value is -2.91. The third kappa shape index (κ3) is 4.75. The first-order valence-corrected chi connectivity index (χ1v) is 9.30. The maximum Gasteiger partial charge on any atom is 0.292 e. The summed E-state index contributed by atoms with van der Waals surface area (Å²) in [6.45, 7) is 1.18. The highest BCUT2D eigenvalue weighted by Gasteiger charge is 2.18. The molecule has 0 fully saturated rings. The van der Waals surface area contributed by atoms with Crippen molar-refractivity contribution in [1.29, 1.82) is 0 Å². The van der Waals surface area contributed by atoms with Gasteiger partial charge in [-0.2, -0.15) is 4.68 Å². The number of ether oxygens (including phenoxy) is 3. The van der Waals surface area contributed by atoms with Gasteiger partial charge in [0.2, 0.25) is 11.6 Å². The quantitative estimate of drug-likeness (QED) is 0.566. The molecule has 0 bridgehead atoms. The highest BCUT2D eigenvalue weighted by atomic mass is 32.1. The molecular weight excluding hydrogens is 397 g/mol. The molecule has 0 amide bonds. The van der Waals surface area contributed by atoms with Crippen LogP contribution >= 0.6 is 12.2 Å². The zero-order valence-electron chi connectivity index (χ0n) is 16.7. The molecule has 3 aromatic rings. The van der Waals surface area contributed by atoms with Crippen LogP contribution in [0.25, 0.3) is 11.5 Å². The molecule has 0 aliphatic carbocycles. The van der Waals surface area contributed by atoms with Crippen molar-refractivity contribution in [2.24, 2.45) is 0 Å². The topological polar surface area (TPSA) is 63.1 Å². The molecule has 7 nitrogen and oxygen atoms in total. The SMILES string of the molecule is COc1cc(-c2nn(C[NH+](C)Cc3ccc(F)cc3)c(=S)o2)cc(OC)c1OC. The van der Waals surface area contributed by atoms with E-state index in [1.807, 2.05) is 7.05 Å². The van der Waals surface area contributed by atoms with Crippen molar-refractivity contribution in [2.45, 2.75) is 13.2 Å². The fraction of sp³-hybridized carbons (Fsp3) is 0.300. The van der Waals surface area contributed by atoms with Gasteiger partial charge in [-0.25, -0.2) is 4.39 Å². The Kier molecular flexibility index (Phi) is 6.50. The molecule has 9 heteroatoms. The molecule has 0 radical (unpaired) electrons. The molecule has 1 N–H and O–H groups in total. The van der Waals surface area contributed by atoms with Crippen LogP contribution in [-0.4, -0.2) is 38.2 Å². The molecule has 1 atom stereocenters. The first-order valence-electron chi connectivity index (χ1n) is 8.89. The zero-order valence-corrected chi connectivity index (χ0v) is 17.5. The van der Waals surface area contributed by atoms with Crippen LogP contribution in [0, 0.1) is 10.7 Å². The predicted octanol–water partition coefficient (Wildman–Crippen LogP) is 2.71. The average molecular weight is 420 g/mol. The lowest BCUT2D eigenvalue weighted by Crippen LogP contribution is -3.07. The van der Waals surface area contributed by atoms with Crippen molar-refractivity contribution < 1.29 is 27.9 Å². The van der Waals surface area contributed by atoms with E-state index in [2.05, 4.69) is 5.10 Å². The van der Waals surface area contributed by atoms with Crippen LogP contribution in [0.3, 0.4) is 0 Å². The largest absolute Gasteiger partial charge is 0.493 e. The van der Waals surface area contributed by atoms with E-state index in [1.165, 1.54) is 12.1 Å². The van der Waals surface area contributed by atoms with Crippen molar-refractivity contribution in [3.63, 3.8) is 0 Å². The number of hydrogen-bond donors (Lipinski definition) is 1. The molecule has 1 aromatic heterocycles. The third-order valence-electron chi connectivity index (χ3n) is 4.36. The molecule has 0 saturated carbocycles. The summed E-state index contributed by atoms with van der Waals surface area (Å²) in [5.74, 6) is 1.58. The van der Waals surface area contributed by atoms with E-state index in [-0.39, 0.29) is 10.7 Å². The van der Waals surface area contributed by atoms with Gasteiger partial charge in [0.05, 0.1) is 28.4 Å². The summed E-state index contributed by atoms with van der Waals surface area (Å²) in [7, 11) is 6.63. The molecule has 154 valence electrons. The van der Waals surface area contributed by atoms with Crippen LogP contribution in [-0.2, 0) is 13.2 Å². The second-order valence-electron chi connectivity index (χ2n) is 6.51. The molecule has 3 rings (SSSR count). The normalized spacial score (nSPS) is 11.9. The van der Waals surface area contributed by atoms with Crippen molar-refractivity contribution in [2.75, 3.05) is 28.4 Å². The Morgan fingerprint density at radius 2 is 1.69 bits per heavy atom. The second kappa shape index (κ2) is 9.06. The molecule has 0 saturated heterocycles. The number of halogens is 1. The van der Waals surface area contributed by atoms with Crippen LogP contribution in [0.1, 0.15) is 5.56 Å². The summed E-state index contributed by atoms with van der Waals surface area (Å²) in [6, 6.07) is 9.94. The average Bonchev–Trinajstić information content (AvgIpc) is 3.08. The monoisotopic (exact) mass is 420 g/mol. The Morgan fingerprint density at radius 3 is 2.24 bits per heavy atom. The van der Waals surface area contributed by atoms with Crippen molar-refractivity contribution >= 4 is 12.2 Å². The number of quaternary nitrogens is 1. The van der Waals surface area contributed by atoms with E-state index >= 15 is 0 Å². The van der Waals surface area contributed by atoms with E-state index < -0.39 is 0 Å². The lowest BCUT2D eigenvalue weighted by molar-refractivity contribution is -0.917. The fourth-order valence-corrected chi connectivity index (χ4v) is 3.17. The molecule has 2 aromatic carbocycles. The van der Waals surface area contributed by atoms with Crippen LogP contribution in [0.5, 0.6) is 17.2 Å². The first kappa shape index (κ1) is 20.8. The summed E-state index contributed by atoms with van der Waals surface area (Å²) in [5.41, 5.74) is 1.67. The summed E-state index contributed by atoms with van der Waals surface area (Å²) < 4.78 is 36.5. The summed E-state index contributed by atoms with van der Waals surface area (Å²) in [6.07, 6.45) is 0. The van der Waals surface area contributed by atoms with Crippen molar-refractivity contribution in [1.82, 2.24) is 9.78 Å². The van der Waals surface area contributed by atoms with Gasteiger partial charge in [-0.1, -0.05) is 12.1 Å². The minimum atomic E-state index is -0.250. The number of nitrogens with one attached hydrogen (secondary N) is 1. The van der Waals surface area contributed by atoms with Gasteiger partial charge in [0.15, 0.2) is 18.2 Å². The van der Waals surface area contributed by atoms with E-state index in [9.17, 15) is 4.39 Å². The maximum atomic E-state index is 13.1. The summed E-state index contributed by atoms with van der Waals surface area (Å²) in [4.78, 5) is 1.37. The smallest absolute Gasteiger partial charge is 0.292 e. The lowest BCUT2D eigenvalue weighted by atomic mass is 10.2. The van der Waals surface area contributed by atoms with E-state index in [0.29, 0.717) is 41.9 Å². The molecule has 29 heavy (non-hydrogen) atoms. The summed E-state index contributed by atoms with van der Waals surface area (Å²) >= 11 is 5.33. The van der Waals surface area contributed by atoms with Gasteiger partial charge in [0.1, 0.15) is 12.4 Å². The van der Waals surface area contributed by atoms with Crippen molar-refractivity contribution in [3.8, 4) is 28.7 Å². The molecular formula is C20H23FN3O4S+. The minimum Gasteiger partial charge on any atom is -0.493 e. The van der Waals surface area contributed by atoms with Crippen LogP contribution < -0.4 is 19.1 Å². The minimum absolute atomic E-state index is 0.250. The number of methoxy groups -OCH3 is 3. The molecule has 1 unspecified atom stereocenters. The van der Waals surface area contributed by atoms with E-state index in [0.717, 1.165) is 10.5 Å². The van der Waals surface area contributed by atoms with Gasteiger partial charge in [0, 0.05) is 11.1 Å². The maximum absolute atomic E-state index is 13.1. The number of nitrogens with zero attached hydrogens (tertiary/aromatic N) is 2. The third-order valence-corrected chi connectivity index (χ3v) is 4.65. The standard InChI is InChI=1S/C20H22FN3O4S/c1-23(11-13-5-7-15(21)8-6-13)12-24-20(29)28-19(22-24)14-9-16(25-2)18(27-4)17(10-14)26-3/h5-10H,11-12H2,1-4H3/p+1. The highest BCUT2D eigenvalue weighted by Crippen LogP contribution is 2.40. The first-order chi connectivity index (χ1) is 13.9. The van der Waals surface area contributed by atoms with E-state index in [1.54, 1.807) is 50.3 Å². The molecule has 1 heterocycles. The second-order valence-corrected chi connectivity index (χ2v) is 6.85. The number of rotatable bonds is 8. The van der Waals surface area contributed by atoms with Gasteiger partial charge in [-0.05, 0) is 36.5 Å².